The van der Waals surface area contributed by atoms with Gasteiger partial charge in [-0.05, 0) is 73.2 Å². The average molecular weight is 840 g/mol. The van der Waals surface area contributed by atoms with E-state index in [2.05, 4.69) is 20.3 Å². The summed E-state index contributed by atoms with van der Waals surface area (Å²) in [6, 6.07) is 0.480. The first-order chi connectivity index (χ1) is 27.1. The van der Waals surface area contributed by atoms with E-state index in [0.717, 1.165) is 0 Å². The number of rotatable bonds is 7. The Labute approximate surface area is 340 Å². The van der Waals surface area contributed by atoms with E-state index >= 15 is 0 Å². The van der Waals surface area contributed by atoms with Gasteiger partial charge in [-0.15, -0.1) is 0 Å². The monoisotopic (exact) mass is 839 g/mol. The number of sulfonamides is 1. The SMILES string of the molecule is CC[C@H]1OC(=O)[C@H](C)[C@H]2OCC(NS(=O)(=O)c3cccnc3)CNC(=O)O[C@](C)(C[C@@H](C)C(=O)[C@H](C)[C@@H]3NC(=O)O[C@]13C)[C@H](O[C@@H]1O[C@H](C)C[C@H](N(C)C)[C@H]1O)[C@H]2C. The number of ketones is 1. The summed E-state index contributed by atoms with van der Waals surface area (Å²) in [6.07, 6.45) is -4.60. The maximum absolute atomic E-state index is 14.5. The number of carbonyl (C=O) groups excluding carboxylic acids is 4. The number of esters is 1. The van der Waals surface area contributed by atoms with Crippen molar-refractivity contribution in [2.75, 3.05) is 27.2 Å². The number of hydrogen-bond acceptors (Lipinski definition) is 15. The van der Waals surface area contributed by atoms with Gasteiger partial charge >= 0.3 is 18.2 Å². The largest absolute Gasteiger partial charge is 0.458 e. The lowest BCUT2D eigenvalue weighted by molar-refractivity contribution is -0.299. The van der Waals surface area contributed by atoms with Crippen LogP contribution in [0.4, 0.5) is 9.59 Å². The number of ether oxygens (including phenoxy) is 6. The summed E-state index contributed by atoms with van der Waals surface area (Å²) in [5.74, 6) is -4.69. The average Bonchev–Trinajstić information content (AvgIpc) is 3.47. The fraction of sp³-hybridized carbons (Fsp3) is 0.769. The number of Topliss-reactive ketones (excluding diaryl/α,β-unsaturated/α-hetero) is 1. The van der Waals surface area contributed by atoms with Crippen LogP contribution in [-0.4, -0.2) is 141 Å². The third-order valence-corrected chi connectivity index (χ3v) is 13.7. The summed E-state index contributed by atoms with van der Waals surface area (Å²) >= 11 is 0. The molecule has 0 radical (unpaired) electrons. The second-order valence-corrected chi connectivity index (χ2v) is 18.7. The number of aliphatic hydroxyl groups is 1. The molecule has 4 aliphatic heterocycles. The van der Waals surface area contributed by atoms with Gasteiger partial charge in [0.25, 0.3) is 0 Å². The van der Waals surface area contributed by atoms with Gasteiger partial charge in [0, 0.05) is 42.7 Å². The number of likely N-dealkylation sites (N-methyl/N-ethyl adjacent to an activating group) is 1. The Bertz CT molecular complexity index is 1760. The van der Waals surface area contributed by atoms with Gasteiger partial charge in [0.1, 0.15) is 34.6 Å². The lowest BCUT2D eigenvalue weighted by atomic mass is 9.73. The molecule has 1 aromatic heterocycles. The highest BCUT2D eigenvalue weighted by Crippen LogP contribution is 2.42. The van der Waals surface area contributed by atoms with Crippen LogP contribution >= 0.6 is 0 Å². The molecule has 0 spiro atoms. The highest BCUT2D eigenvalue weighted by Gasteiger charge is 2.58. The van der Waals surface area contributed by atoms with E-state index < -0.39 is 106 Å². The Morgan fingerprint density at radius 1 is 1.05 bits per heavy atom. The maximum atomic E-state index is 14.5. The molecular formula is C39H61N5O13S. The van der Waals surface area contributed by atoms with Gasteiger partial charge in [-0.25, -0.2) is 22.7 Å². The molecule has 0 saturated carbocycles. The van der Waals surface area contributed by atoms with Crippen LogP contribution in [0, 0.1) is 23.7 Å². The fourth-order valence-electron chi connectivity index (χ4n) is 9.13. The lowest BCUT2D eigenvalue weighted by Gasteiger charge is -2.48. The number of cyclic esters (lactones) is 1. The van der Waals surface area contributed by atoms with Crippen molar-refractivity contribution in [3.8, 4) is 0 Å². The Hall–Kier alpha value is -3.46. The molecule has 4 aliphatic rings. The molecular weight excluding hydrogens is 779 g/mol. The molecule has 18 nitrogen and oxygen atoms in total. The maximum Gasteiger partial charge on any atom is 0.408 e. The zero-order valence-corrected chi connectivity index (χ0v) is 35.8. The normalized spacial score (nSPS) is 40.9. The number of pyridine rings is 1. The van der Waals surface area contributed by atoms with E-state index in [9.17, 15) is 32.7 Å². The van der Waals surface area contributed by atoms with E-state index in [1.54, 1.807) is 48.5 Å². The van der Waals surface area contributed by atoms with Gasteiger partial charge in [0.15, 0.2) is 11.9 Å². The quantitative estimate of drug-likeness (QED) is 0.228. The van der Waals surface area contributed by atoms with Crippen molar-refractivity contribution >= 4 is 34.0 Å². The number of aliphatic hydroxyl groups excluding tert-OH is 1. The Morgan fingerprint density at radius 2 is 1.76 bits per heavy atom. The summed E-state index contributed by atoms with van der Waals surface area (Å²) in [5.41, 5.74) is -3.13. The summed E-state index contributed by atoms with van der Waals surface area (Å²) in [4.78, 5) is 61.2. The summed E-state index contributed by atoms with van der Waals surface area (Å²) in [7, 11) is -0.519. The van der Waals surface area contributed by atoms with Gasteiger partial charge < -0.3 is 49.1 Å². The predicted molar refractivity (Wildman–Crippen MR) is 207 cm³/mol. The Morgan fingerprint density at radius 3 is 2.40 bits per heavy atom. The van der Waals surface area contributed by atoms with Crippen molar-refractivity contribution in [3.05, 3.63) is 24.5 Å². The number of aromatic nitrogens is 1. The van der Waals surface area contributed by atoms with Crippen molar-refractivity contribution in [1.29, 1.82) is 0 Å². The number of carbonyl (C=O) groups is 4. The fourth-order valence-corrected chi connectivity index (χ4v) is 10.3. The molecule has 2 bridgehead atoms. The molecule has 5 heterocycles. The highest BCUT2D eigenvalue weighted by atomic mass is 32.2. The number of amides is 2. The molecule has 19 heteroatoms. The van der Waals surface area contributed by atoms with Crippen molar-refractivity contribution in [1.82, 2.24) is 25.2 Å². The number of alkyl carbamates (subject to hydrolysis) is 2. The zero-order valence-electron chi connectivity index (χ0n) is 35.0. The van der Waals surface area contributed by atoms with Gasteiger partial charge in [0.2, 0.25) is 10.0 Å². The third-order valence-electron chi connectivity index (χ3n) is 12.2. The van der Waals surface area contributed by atoms with E-state index in [0.29, 0.717) is 6.42 Å². The van der Waals surface area contributed by atoms with Crippen LogP contribution in [0.15, 0.2) is 29.4 Å². The molecule has 0 aliphatic carbocycles. The number of fused-ring (bicyclic) bond motifs is 4. The van der Waals surface area contributed by atoms with Crippen molar-refractivity contribution in [2.24, 2.45) is 23.7 Å². The number of nitrogens with one attached hydrogen (secondary N) is 3. The zero-order chi connectivity index (χ0) is 42.9. The van der Waals surface area contributed by atoms with Gasteiger partial charge in [0.05, 0.1) is 36.8 Å². The summed E-state index contributed by atoms with van der Waals surface area (Å²) in [5, 5.41) is 17.1. The van der Waals surface area contributed by atoms with E-state index in [4.69, 9.17) is 28.4 Å². The van der Waals surface area contributed by atoms with Crippen molar-refractivity contribution in [2.45, 2.75) is 146 Å². The van der Waals surface area contributed by atoms with Gasteiger partial charge in [-0.3, -0.25) is 14.6 Å². The van der Waals surface area contributed by atoms with Crippen molar-refractivity contribution < 1.29 is 61.1 Å². The molecule has 2 amide bonds. The molecule has 58 heavy (non-hydrogen) atoms. The van der Waals surface area contributed by atoms with Gasteiger partial charge in [-0.1, -0.05) is 27.7 Å². The predicted octanol–water partition coefficient (Wildman–Crippen LogP) is 2.13. The van der Waals surface area contributed by atoms with E-state index in [1.165, 1.54) is 24.5 Å². The third kappa shape index (κ3) is 9.61. The van der Waals surface area contributed by atoms with Crippen molar-refractivity contribution in [3.63, 3.8) is 0 Å². The molecule has 4 N–H and O–H groups in total. The molecule has 5 rings (SSSR count). The smallest absolute Gasteiger partial charge is 0.408 e. The van der Waals surface area contributed by atoms with Crippen LogP contribution in [-0.2, 0) is 48.0 Å². The first kappa shape index (κ1) is 45.6. The molecule has 326 valence electrons. The van der Waals surface area contributed by atoms with Gasteiger partial charge in [-0.2, -0.15) is 0 Å². The van der Waals surface area contributed by atoms with Crippen LogP contribution in [0.25, 0.3) is 0 Å². The minimum absolute atomic E-state index is 0.119. The molecule has 4 saturated heterocycles. The van der Waals surface area contributed by atoms with Crippen LogP contribution in [0.2, 0.25) is 0 Å². The van der Waals surface area contributed by atoms with E-state index in [1.807, 2.05) is 25.9 Å². The van der Waals surface area contributed by atoms with Crippen LogP contribution < -0.4 is 15.4 Å². The number of hydrogen-bond donors (Lipinski definition) is 4. The number of nitrogens with zero attached hydrogens (tertiary/aromatic N) is 2. The second-order valence-electron chi connectivity index (χ2n) is 17.0. The van der Waals surface area contributed by atoms with Crippen LogP contribution in [0.5, 0.6) is 0 Å². The topological polar surface area (TPSA) is 230 Å². The highest BCUT2D eigenvalue weighted by molar-refractivity contribution is 7.89. The van der Waals surface area contributed by atoms with Crippen LogP contribution in [0.1, 0.15) is 74.7 Å². The Kier molecular flexibility index (Phi) is 14.2. The second kappa shape index (κ2) is 18.0. The minimum atomic E-state index is -4.18. The summed E-state index contributed by atoms with van der Waals surface area (Å²) < 4.78 is 67.4. The van der Waals surface area contributed by atoms with E-state index in [-0.39, 0.29) is 48.8 Å². The molecule has 1 aromatic rings. The molecule has 0 aromatic carbocycles. The lowest BCUT2D eigenvalue weighted by Crippen LogP contribution is -2.61. The van der Waals surface area contributed by atoms with Crippen LogP contribution in [0.3, 0.4) is 0 Å². The Balaban J connectivity index is 1.65. The summed E-state index contributed by atoms with van der Waals surface area (Å²) in [6.45, 7) is 12.9. The standard InChI is InChI=1S/C39H61N5O13S/c1-11-28-39(8)32(42-37(49)57-39)22(4)29(45)20(2)16-38(7)33(55-35-30(46)27(44(9)10)15-21(3)53-35)23(5)31(24(6)34(47)54-28)52-19-25(17-41-36(48)56-38)43-58(50,51)26-13-12-14-40-18-26/h12-14,18,20-25,27-28,30-33,35,43,46H,11,15-17,19H2,1-10H3,(H,41,48)(H,42,49)/t20-,21-,22+,23+,24-,25?,27+,28-,30-,31+,32+,33-,35+,38-,39-/m1/s1. The molecule has 4 fully saturated rings. The first-order valence-electron chi connectivity index (χ1n) is 20.0. The first-order valence-corrected chi connectivity index (χ1v) is 21.5. The molecule has 1 unspecified atom stereocenters. The molecule has 15 atom stereocenters. The minimum Gasteiger partial charge on any atom is -0.458 e.